The Balaban J connectivity index is 1.14. The van der Waals surface area contributed by atoms with Crippen LogP contribution < -0.4 is 10.7 Å². The summed E-state index contributed by atoms with van der Waals surface area (Å²) in [6, 6.07) is 15.5. The summed E-state index contributed by atoms with van der Waals surface area (Å²) in [6.45, 7) is 17.9. The van der Waals surface area contributed by atoms with E-state index in [1.54, 1.807) is 30.2 Å². The molecule has 3 saturated heterocycles. The fourth-order valence-electron chi connectivity index (χ4n) is 10.7. The first-order valence-corrected chi connectivity index (χ1v) is 24.3. The molecule has 16 nitrogen and oxygen atoms in total. The van der Waals surface area contributed by atoms with Crippen LogP contribution in [-0.4, -0.2) is 136 Å². The number of aryl methyl sites for hydroxylation is 1. The van der Waals surface area contributed by atoms with Gasteiger partial charge in [0.05, 0.1) is 37.2 Å². The summed E-state index contributed by atoms with van der Waals surface area (Å²) < 4.78 is 20.4. The number of rotatable bonds is 9. The first kappa shape index (κ1) is 49.3. The zero-order valence-electron chi connectivity index (χ0n) is 41.4. The van der Waals surface area contributed by atoms with Gasteiger partial charge in [0, 0.05) is 68.3 Å². The van der Waals surface area contributed by atoms with Crippen LogP contribution in [0.15, 0.2) is 73.4 Å². The SMILES string of the molecule is C=CC(=O)N1CO[C@@]2(CCN(C(=O)N(C)[C@H](C(=O)N[C@H]3Cc4cccc(c4)-c4ccc5c(c4)c(c(-c4cccnc4[C@H](C)OC)n5CC)CC(C)(C)COC(=O)[C@@H]4CCCN(N4)C3=O)C(C)C)C2)C1. The lowest BCUT2D eigenvalue weighted by molar-refractivity contribution is -0.155. The van der Waals surface area contributed by atoms with E-state index >= 15 is 0 Å². The Morgan fingerprint density at radius 2 is 1.81 bits per heavy atom. The second kappa shape index (κ2) is 20.1. The van der Waals surface area contributed by atoms with Crippen molar-refractivity contribution in [1.82, 2.24) is 40.0 Å². The van der Waals surface area contributed by atoms with Gasteiger partial charge in [0.25, 0.3) is 5.91 Å². The van der Waals surface area contributed by atoms with Crippen molar-refractivity contribution in [3.8, 4) is 22.4 Å². The Kier molecular flexibility index (Phi) is 14.4. The molecule has 5 amide bonds. The number of esters is 1. The Bertz CT molecular complexity index is 2630. The third kappa shape index (κ3) is 10.0. The summed E-state index contributed by atoms with van der Waals surface area (Å²) in [7, 11) is 3.29. The van der Waals surface area contributed by atoms with Gasteiger partial charge in [-0.05, 0) is 98.0 Å². The highest BCUT2D eigenvalue weighted by Crippen LogP contribution is 2.42. The molecule has 6 heterocycles. The van der Waals surface area contributed by atoms with Crippen molar-refractivity contribution in [2.45, 2.75) is 110 Å². The number of carbonyl (C=O) groups is 5. The van der Waals surface area contributed by atoms with Crippen molar-refractivity contribution in [1.29, 1.82) is 0 Å². The zero-order chi connectivity index (χ0) is 49.4. The number of ether oxygens (including phenoxy) is 3. The third-order valence-corrected chi connectivity index (χ3v) is 14.3. The molecule has 2 N–H and O–H groups in total. The average molecular weight is 945 g/mol. The number of nitrogens with zero attached hydrogens (tertiary/aromatic N) is 6. The van der Waals surface area contributed by atoms with Gasteiger partial charge in [-0.15, -0.1) is 0 Å². The molecule has 8 rings (SSSR count). The number of hydrazine groups is 1. The summed E-state index contributed by atoms with van der Waals surface area (Å²) in [6.07, 6.45) is 5.06. The van der Waals surface area contributed by atoms with Crippen LogP contribution in [0.5, 0.6) is 0 Å². The number of benzene rings is 2. The third-order valence-electron chi connectivity index (χ3n) is 14.3. The van der Waals surface area contributed by atoms with Gasteiger partial charge in [0.15, 0.2) is 0 Å². The molecule has 3 fully saturated rings. The monoisotopic (exact) mass is 945 g/mol. The molecule has 6 bridgehead atoms. The van der Waals surface area contributed by atoms with E-state index in [0.29, 0.717) is 51.9 Å². The van der Waals surface area contributed by atoms with Gasteiger partial charge in [-0.1, -0.05) is 64.6 Å². The second-order valence-electron chi connectivity index (χ2n) is 20.3. The Morgan fingerprint density at radius 1 is 1.04 bits per heavy atom. The number of hydrogen-bond donors (Lipinski definition) is 2. The normalized spacial score (nSPS) is 22.7. The Morgan fingerprint density at radius 3 is 2.55 bits per heavy atom. The van der Waals surface area contributed by atoms with Crippen LogP contribution in [0.4, 0.5) is 4.79 Å². The molecule has 16 heteroatoms. The van der Waals surface area contributed by atoms with Crippen molar-refractivity contribution < 1.29 is 38.2 Å². The molecule has 5 atom stereocenters. The van der Waals surface area contributed by atoms with E-state index < -0.39 is 46.9 Å². The Hall–Kier alpha value is -6.10. The van der Waals surface area contributed by atoms with Crippen molar-refractivity contribution in [2.24, 2.45) is 11.3 Å². The zero-order valence-corrected chi connectivity index (χ0v) is 41.4. The highest BCUT2D eigenvalue weighted by atomic mass is 16.5. The van der Waals surface area contributed by atoms with E-state index in [2.05, 4.69) is 79.1 Å². The molecule has 1 spiro atoms. The maximum Gasteiger partial charge on any atom is 0.324 e. The number of amides is 5. The standard InChI is InChI=1S/C53H68N8O8/c1-10-44(62)59-30-53(69-32-59)21-24-58(29-53)51(66)57(8)46(33(3)4)48(63)55-42-26-35-15-12-16-36(25-35)37-19-20-43-39(27-37)40(47(60(43)11-2)38-17-13-22-54-45(38)34(5)67-9)28-52(6,7)31-68-50(65)41-18-14-23-61(56-41)49(42)64/h10,12-13,15-17,19-20,22,25,27,33-34,41-42,46,56H,1,11,14,18,21,23-24,26,28-32H2,2-9H3,(H,55,63)/t34-,41-,42-,46-,53+/m0/s1. The number of hydrogen-bond acceptors (Lipinski definition) is 10. The summed E-state index contributed by atoms with van der Waals surface area (Å²) in [5.41, 5.74) is 9.75. The molecular formula is C53H68N8O8. The quantitative estimate of drug-likeness (QED) is 0.144. The van der Waals surface area contributed by atoms with E-state index in [4.69, 9.17) is 19.2 Å². The lowest BCUT2D eigenvalue weighted by atomic mass is 9.84. The molecule has 4 aliphatic rings. The highest BCUT2D eigenvalue weighted by molar-refractivity contribution is 5.96. The van der Waals surface area contributed by atoms with Gasteiger partial charge in [-0.2, -0.15) is 0 Å². The molecule has 2 aromatic carbocycles. The van der Waals surface area contributed by atoms with Gasteiger partial charge in [-0.25, -0.2) is 10.2 Å². The minimum Gasteiger partial charge on any atom is -0.464 e. The van der Waals surface area contributed by atoms with Gasteiger partial charge in [-0.3, -0.25) is 29.2 Å². The highest BCUT2D eigenvalue weighted by Gasteiger charge is 2.48. The molecule has 0 unspecified atom stereocenters. The maximum atomic E-state index is 14.8. The number of pyridine rings is 1. The number of cyclic esters (lactones) is 1. The summed E-state index contributed by atoms with van der Waals surface area (Å²) in [4.78, 5) is 79.4. The predicted molar refractivity (Wildman–Crippen MR) is 262 cm³/mol. The fourth-order valence-corrected chi connectivity index (χ4v) is 10.7. The number of likely N-dealkylation sites (N-methyl/N-ethyl adjacent to an activating group) is 1. The predicted octanol–water partition coefficient (Wildman–Crippen LogP) is 6.27. The van der Waals surface area contributed by atoms with Gasteiger partial charge >= 0.3 is 12.0 Å². The van der Waals surface area contributed by atoms with Gasteiger partial charge < -0.3 is 38.8 Å². The van der Waals surface area contributed by atoms with Crippen LogP contribution in [0.1, 0.15) is 83.7 Å². The molecule has 2 aromatic heterocycles. The van der Waals surface area contributed by atoms with Crippen LogP contribution in [-0.2, 0) is 52.8 Å². The van der Waals surface area contributed by atoms with E-state index in [0.717, 1.165) is 50.1 Å². The van der Waals surface area contributed by atoms with Gasteiger partial charge in [0.2, 0.25) is 11.8 Å². The molecule has 4 aromatic rings. The van der Waals surface area contributed by atoms with E-state index in [9.17, 15) is 24.0 Å². The van der Waals surface area contributed by atoms with Crippen LogP contribution in [0.2, 0.25) is 0 Å². The maximum absolute atomic E-state index is 14.8. The number of likely N-dealkylation sites (tertiary alicyclic amines) is 1. The fraction of sp³-hybridized carbons (Fsp3) is 0.509. The minimum atomic E-state index is -1.06. The largest absolute Gasteiger partial charge is 0.464 e. The number of nitrogens with one attached hydrogen (secondary N) is 2. The molecule has 4 aliphatic heterocycles. The smallest absolute Gasteiger partial charge is 0.324 e. The van der Waals surface area contributed by atoms with Crippen LogP contribution in [0.3, 0.4) is 0 Å². The van der Waals surface area contributed by atoms with Crippen molar-refractivity contribution in [3.63, 3.8) is 0 Å². The lowest BCUT2D eigenvalue weighted by Crippen LogP contribution is -2.62. The summed E-state index contributed by atoms with van der Waals surface area (Å²) >= 11 is 0. The first-order valence-electron chi connectivity index (χ1n) is 24.3. The summed E-state index contributed by atoms with van der Waals surface area (Å²) in [5, 5.41) is 5.59. The molecular weight excluding hydrogens is 877 g/mol. The van der Waals surface area contributed by atoms with E-state index in [1.807, 2.05) is 39.0 Å². The van der Waals surface area contributed by atoms with Crippen LogP contribution in [0.25, 0.3) is 33.3 Å². The van der Waals surface area contributed by atoms with Crippen molar-refractivity contribution in [2.75, 3.05) is 53.7 Å². The molecule has 0 saturated carbocycles. The lowest BCUT2D eigenvalue weighted by Gasteiger charge is -2.37. The van der Waals surface area contributed by atoms with Crippen molar-refractivity contribution in [3.05, 3.63) is 90.3 Å². The Labute approximate surface area is 405 Å². The second-order valence-corrected chi connectivity index (χ2v) is 20.3. The van der Waals surface area contributed by atoms with Crippen LogP contribution >= 0.6 is 0 Å². The van der Waals surface area contributed by atoms with Gasteiger partial charge in [0.1, 0.15) is 30.5 Å². The molecule has 0 aliphatic carbocycles. The number of fused-ring (bicyclic) bond motifs is 6. The average Bonchev–Trinajstić information content (AvgIpc) is 4.06. The van der Waals surface area contributed by atoms with E-state index in [1.165, 1.54) is 16.0 Å². The molecule has 368 valence electrons. The minimum absolute atomic E-state index is 0.122. The van der Waals surface area contributed by atoms with Crippen LogP contribution in [0, 0.1) is 11.3 Å². The number of urea groups is 1. The van der Waals surface area contributed by atoms with E-state index in [-0.39, 0.29) is 50.3 Å². The number of aromatic nitrogens is 2. The summed E-state index contributed by atoms with van der Waals surface area (Å²) in [5.74, 6) is -1.90. The topological polar surface area (TPSA) is 168 Å². The molecule has 0 radical (unpaired) electrons. The van der Waals surface area contributed by atoms with Crippen molar-refractivity contribution >= 4 is 40.6 Å². The number of carbonyl (C=O) groups excluding carboxylic acids is 5. The number of methoxy groups -OCH3 is 1. The molecule has 69 heavy (non-hydrogen) atoms. The first-order chi connectivity index (χ1) is 33.0.